The SMILES string of the molecule is O=[S](O)(=[Mg])OO.[O-][n+]1ccccc1SSc1cccc[n+]1[O-]. The zero-order valence-electron chi connectivity index (χ0n) is 11.0. The van der Waals surface area contributed by atoms with Crippen molar-refractivity contribution >= 4 is 48.7 Å². The van der Waals surface area contributed by atoms with E-state index >= 15 is 0 Å². The Kier molecular flexibility index (Phi) is 8.41. The van der Waals surface area contributed by atoms with Gasteiger partial charge in [0.15, 0.2) is 12.4 Å². The molecule has 8 nitrogen and oxygen atoms in total. The minimum Gasteiger partial charge on any atom is -0.618 e. The van der Waals surface area contributed by atoms with Crippen LogP contribution in [0.25, 0.3) is 0 Å². The van der Waals surface area contributed by atoms with Crippen LogP contribution in [-0.4, -0.2) is 33.8 Å². The standard InChI is InChI=1S/C10H8N2O2S2.Mg.H2O4S/c13-11-7-3-1-5-9(11)15-16-10-6-2-4-8-12(10)14;;1-4-5(2)3/h1-8H;;1H,(H,2,3). The Bertz CT molecular complexity index is 670. The predicted octanol–water partition coefficient (Wildman–Crippen LogP) is 0.985. The third-order valence-electron chi connectivity index (χ3n) is 1.91. The molecule has 0 saturated heterocycles. The van der Waals surface area contributed by atoms with E-state index in [0.29, 0.717) is 29.9 Å². The maximum absolute atomic E-state index is 11.3. The van der Waals surface area contributed by atoms with Gasteiger partial charge in [0, 0.05) is 45.9 Å². The first kappa shape index (κ1) is 19.4. The topological polar surface area (TPSA) is 121 Å². The quantitative estimate of drug-likeness (QED) is 0.203. The van der Waals surface area contributed by atoms with Crippen LogP contribution in [0.1, 0.15) is 0 Å². The number of hydrogen-bond donors (Lipinski definition) is 2. The average molecular weight is 375 g/mol. The third-order valence-corrected chi connectivity index (χ3v) is 4.79. The van der Waals surface area contributed by atoms with Gasteiger partial charge in [0.05, 0.1) is 0 Å². The summed E-state index contributed by atoms with van der Waals surface area (Å²) in [6, 6.07) is 10.3. The van der Waals surface area contributed by atoms with Gasteiger partial charge in [-0.1, -0.05) is 0 Å². The molecule has 0 spiro atoms. The number of hydrogen-bond acceptors (Lipinski definition) is 7. The summed E-state index contributed by atoms with van der Waals surface area (Å²) in [5, 5.41) is 31.1. The van der Waals surface area contributed by atoms with Gasteiger partial charge in [0.25, 0.3) is 10.1 Å². The summed E-state index contributed by atoms with van der Waals surface area (Å²) in [6.07, 6.45) is 2.86. The molecule has 1 atom stereocenters. The van der Waals surface area contributed by atoms with Crippen LogP contribution in [0.15, 0.2) is 58.8 Å². The van der Waals surface area contributed by atoms with E-state index in [2.05, 4.69) is 4.33 Å². The van der Waals surface area contributed by atoms with Crippen molar-refractivity contribution in [2.45, 2.75) is 10.1 Å². The van der Waals surface area contributed by atoms with E-state index in [9.17, 15) is 14.6 Å². The second-order valence-corrected chi connectivity index (χ2v) is 9.22. The van der Waals surface area contributed by atoms with Crippen LogP contribution in [0.2, 0.25) is 0 Å². The summed E-state index contributed by atoms with van der Waals surface area (Å²) in [6.45, 7) is 0. The first-order chi connectivity index (χ1) is 10.3. The van der Waals surface area contributed by atoms with E-state index in [4.69, 9.17) is 9.81 Å². The van der Waals surface area contributed by atoms with Crippen LogP contribution in [0.3, 0.4) is 0 Å². The molecule has 2 aromatic heterocycles. The number of rotatable bonds is 4. The normalized spacial score (nSPS) is 12.9. The molecule has 0 aromatic carbocycles. The summed E-state index contributed by atoms with van der Waals surface area (Å²) in [5.41, 5.74) is 0. The molecule has 0 amide bonds. The molecule has 0 radical (unpaired) electrons. The summed E-state index contributed by atoms with van der Waals surface area (Å²) >= 11 is 0.671. The van der Waals surface area contributed by atoms with Crippen LogP contribution in [0.4, 0.5) is 0 Å². The summed E-state index contributed by atoms with van der Waals surface area (Å²) in [4.78, 5) is 0. The molecule has 0 aliphatic heterocycles. The molecule has 22 heavy (non-hydrogen) atoms. The number of nitrogens with zero attached hydrogens (tertiary/aromatic N) is 2. The van der Waals surface area contributed by atoms with Crippen LogP contribution in [0, 0.1) is 10.4 Å². The Balaban J connectivity index is 0.000000346. The average Bonchev–Trinajstić information content (AvgIpc) is 2.48. The van der Waals surface area contributed by atoms with Crippen molar-refractivity contribution in [3.63, 3.8) is 0 Å². The first-order valence-corrected chi connectivity index (χ1v) is 11.0. The molecule has 0 saturated carbocycles. The smallest absolute Gasteiger partial charge is 0.262 e. The summed E-state index contributed by atoms with van der Waals surface area (Å²) in [5.74, 6) is 0. The number of aromatic nitrogens is 2. The molecular formula is C10H10MgN2O6S3. The van der Waals surface area contributed by atoms with E-state index in [1.54, 1.807) is 36.4 Å². The van der Waals surface area contributed by atoms with Gasteiger partial charge in [-0.3, -0.25) is 0 Å². The monoisotopic (exact) mass is 374 g/mol. The van der Waals surface area contributed by atoms with Crippen molar-refractivity contribution in [1.82, 2.24) is 0 Å². The van der Waals surface area contributed by atoms with Crippen molar-refractivity contribution in [1.29, 1.82) is 0 Å². The zero-order chi connectivity index (χ0) is 16.6. The minimum atomic E-state index is -3.33. The van der Waals surface area contributed by atoms with Gasteiger partial charge in [0.1, 0.15) is 0 Å². The molecule has 0 bridgehead atoms. The molecule has 0 aliphatic rings. The number of pyridine rings is 2. The molecule has 2 rings (SSSR count). The Morgan fingerprint density at radius 1 is 1.05 bits per heavy atom. The third kappa shape index (κ3) is 7.60. The van der Waals surface area contributed by atoms with Crippen molar-refractivity contribution in [2.75, 3.05) is 0 Å². The molecule has 0 fully saturated rings. The predicted molar refractivity (Wildman–Crippen MR) is 82.8 cm³/mol. The fourth-order valence-electron chi connectivity index (χ4n) is 1.04. The van der Waals surface area contributed by atoms with E-state index < -0.39 is 7.32 Å². The van der Waals surface area contributed by atoms with Crippen LogP contribution in [-0.2, 0) is 11.7 Å². The Morgan fingerprint density at radius 2 is 1.41 bits per heavy atom. The second kappa shape index (κ2) is 9.52. The van der Waals surface area contributed by atoms with Crippen LogP contribution < -0.4 is 9.46 Å². The zero-order valence-corrected chi connectivity index (χ0v) is 14.8. The second-order valence-electron chi connectivity index (χ2n) is 3.55. The molecule has 2 heterocycles. The van der Waals surface area contributed by atoms with Crippen LogP contribution >= 0.6 is 21.6 Å². The van der Waals surface area contributed by atoms with Gasteiger partial charge >= 0.3 is 45.5 Å². The van der Waals surface area contributed by atoms with E-state index in [1.165, 1.54) is 34.0 Å². The van der Waals surface area contributed by atoms with Gasteiger partial charge in [-0.05, 0) is 12.1 Å². The van der Waals surface area contributed by atoms with E-state index in [-0.39, 0.29) is 0 Å². The molecule has 12 heteroatoms. The molecule has 1 unspecified atom stereocenters. The van der Waals surface area contributed by atoms with Crippen molar-refractivity contribution in [3.05, 3.63) is 59.2 Å². The molecule has 116 valence electrons. The Hall–Kier alpha value is -0.604. The Labute approximate surface area is 145 Å². The van der Waals surface area contributed by atoms with Crippen molar-refractivity contribution in [2.24, 2.45) is 0 Å². The largest absolute Gasteiger partial charge is 0.618 e. The van der Waals surface area contributed by atoms with Gasteiger partial charge in [-0.25, -0.2) is 0 Å². The summed E-state index contributed by atoms with van der Waals surface area (Å²) < 4.78 is 22.1. The molecule has 2 N–H and O–H groups in total. The fourth-order valence-corrected chi connectivity index (χ4v) is 3.03. The van der Waals surface area contributed by atoms with Crippen molar-refractivity contribution in [3.8, 4) is 0 Å². The van der Waals surface area contributed by atoms with Gasteiger partial charge < -0.3 is 10.4 Å². The Morgan fingerprint density at radius 3 is 1.68 bits per heavy atom. The van der Waals surface area contributed by atoms with E-state index in [0.717, 1.165) is 9.46 Å². The molecular weight excluding hydrogens is 365 g/mol. The molecule has 0 aliphatic carbocycles. The maximum atomic E-state index is 11.3. The summed E-state index contributed by atoms with van der Waals surface area (Å²) in [7, 11) is -0.808. The van der Waals surface area contributed by atoms with Gasteiger partial charge in [-0.2, -0.15) is 9.46 Å². The van der Waals surface area contributed by atoms with Crippen molar-refractivity contribution < 1.29 is 27.8 Å². The maximum Gasteiger partial charge on any atom is 0.262 e. The van der Waals surface area contributed by atoms with Gasteiger partial charge in [-0.15, -0.1) is 0 Å². The molecule has 2 aromatic rings. The van der Waals surface area contributed by atoms with Gasteiger partial charge in [0.2, 0.25) is 0 Å². The first-order valence-electron chi connectivity index (χ1n) is 5.47. The van der Waals surface area contributed by atoms with E-state index in [1.807, 2.05) is 0 Å². The van der Waals surface area contributed by atoms with Crippen LogP contribution in [0.5, 0.6) is 0 Å². The minimum absolute atomic E-state index is 0.552. The fraction of sp³-hybridized carbons (Fsp3) is 0.